The highest BCUT2D eigenvalue weighted by molar-refractivity contribution is 5.58. The third kappa shape index (κ3) is 2.10. The molecule has 1 aliphatic heterocycles. The molecule has 0 radical (unpaired) electrons. The molecule has 0 saturated carbocycles. The molecule has 2 atom stereocenters. The van der Waals surface area contributed by atoms with Gasteiger partial charge in [0.15, 0.2) is 0 Å². The molecule has 1 heterocycles. The predicted molar refractivity (Wildman–Crippen MR) is 83.0 cm³/mol. The van der Waals surface area contributed by atoms with Gasteiger partial charge in [-0.15, -0.1) is 0 Å². The number of aliphatic hydroxyl groups is 1. The average molecular weight is 267 g/mol. The van der Waals surface area contributed by atoms with Gasteiger partial charge in [0.2, 0.25) is 0 Å². The molecule has 2 heteroatoms. The first kappa shape index (κ1) is 13.2. The zero-order chi connectivity index (χ0) is 14.3. The third-order valence-corrected chi connectivity index (χ3v) is 4.39. The van der Waals surface area contributed by atoms with Crippen molar-refractivity contribution in [2.75, 3.05) is 5.32 Å². The Labute approximate surface area is 120 Å². The molecule has 3 rings (SSSR count). The Morgan fingerprint density at radius 2 is 1.90 bits per heavy atom. The molecule has 2 N–H and O–H groups in total. The zero-order valence-corrected chi connectivity index (χ0v) is 12.3. The molecule has 0 amide bonds. The number of hydrogen-bond donors (Lipinski definition) is 2. The number of nitrogens with one attached hydrogen (secondary N) is 1. The molecule has 104 valence electrons. The van der Waals surface area contributed by atoms with Gasteiger partial charge in [-0.25, -0.2) is 0 Å². The summed E-state index contributed by atoms with van der Waals surface area (Å²) in [4.78, 5) is 0. The van der Waals surface area contributed by atoms with Crippen molar-refractivity contribution >= 4 is 5.69 Å². The van der Waals surface area contributed by atoms with E-state index in [1.807, 2.05) is 13.0 Å². The maximum Gasteiger partial charge on any atom is 0.107 e. The lowest BCUT2D eigenvalue weighted by atomic mass is 9.83. The quantitative estimate of drug-likeness (QED) is 0.872. The average Bonchev–Trinajstić information content (AvgIpc) is 2.86. The minimum atomic E-state index is -0.880. The summed E-state index contributed by atoms with van der Waals surface area (Å²) in [6, 6.07) is 14.6. The summed E-state index contributed by atoms with van der Waals surface area (Å²) >= 11 is 0. The lowest BCUT2D eigenvalue weighted by Gasteiger charge is -2.32. The maximum absolute atomic E-state index is 11.1. The van der Waals surface area contributed by atoms with Gasteiger partial charge < -0.3 is 10.4 Å². The van der Waals surface area contributed by atoms with E-state index in [1.165, 1.54) is 11.1 Å². The molecule has 0 aliphatic carbocycles. The van der Waals surface area contributed by atoms with Crippen molar-refractivity contribution in [3.05, 3.63) is 64.7 Å². The van der Waals surface area contributed by atoms with Gasteiger partial charge in [0.25, 0.3) is 0 Å². The molecule has 0 saturated heterocycles. The Bertz CT molecular complexity index is 621. The van der Waals surface area contributed by atoms with Crippen LogP contribution in [0.2, 0.25) is 0 Å². The van der Waals surface area contributed by atoms with Crippen LogP contribution >= 0.6 is 0 Å². The molecule has 0 spiro atoms. The summed E-state index contributed by atoms with van der Waals surface area (Å²) in [5, 5.41) is 14.6. The van der Waals surface area contributed by atoms with E-state index < -0.39 is 5.60 Å². The normalized spacial score (nSPS) is 20.1. The topological polar surface area (TPSA) is 32.3 Å². The molecule has 2 nitrogen and oxygen atoms in total. The van der Waals surface area contributed by atoms with E-state index in [4.69, 9.17) is 0 Å². The third-order valence-electron chi connectivity index (χ3n) is 4.39. The van der Waals surface area contributed by atoms with Crippen LogP contribution in [0.3, 0.4) is 0 Å². The van der Waals surface area contributed by atoms with E-state index in [9.17, 15) is 5.11 Å². The monoisotopic (exact) mass is 267 g/mol. The predicted octanol–water partition coefficient (Wildman–Crippen LogP) is 3.55. The van der Waals surface area contributed by atoms with Crippen LogP contribution in [0.25, 0.3) is 0 Å². The first-order valence-corrected chi connectivity index (χ1v) is 7.13. The number of hydrogen-bond acceptors (Lipinski definition) is 2. The number of aryl methyl sites for hydroxylation is 2. The minimum absolute atomic E-state index is 0.0143. The molecule has 2 aromatic carbocycles. The first-order chi connectivity index (χ1) is 9.48. The number of benzene rings is 2. The standard InChI is InChI=1S/C18H21NO/c1-12-8-9-13(2)15(10-12)18(3,20)17-11-14-6-4-5-7-16(14)19-17/h4-10,17,19-20H,11H2,1-3H3. The molecule has 1 aliphatic rings. The summed E-state index contributed by atoms with van der Waals surface area (Å²) in [5.41, 5.74) is 4.88. The number of fused-ring (bicyclic) bond motifs is 1. The first-order valence-electron chi connectivity index (χ1n) is 7.13. The van der Waals surface area contributed by atoms with E-state index in [-0.39, 0.29) is 6.04 Å². The minimum Gasteiger partial charge on any atom is -0.383 e. The fraction of sp³-hybridized carbons (Fsp3) is 0.333. The Balaban J connectivity index is 1.96. The lowest BCUT2D eigenvalue weighted by Crippen LogP contribution is -2.41. The molecule has 2 aromatic rings. The van der Waals surface area contributed by atoms with Crippen LogP contribution in [0.5, 0.6) is 0 Å². The Morgan fingerprint density at radius 1 is 1.15 bits per heavy atom. The fourth-order valence-electron chi connectivity index (χ4n) is 3.11. The summed E-state index contributed by atoms with van der Waals surface area (Å²) in [7, 11) is 0. The Kier molecular flexibility index (Phi) is 3.06. The maximum atomic E-state index is 11.1. The van der Waals surface area contributed by atoms with Gasteiger partial charge >= 0.3 is 0 Å². The highest BCUT2D eigenvalue weighted by Gasteiger charge is 2.38. The van der Waals surface area contributed by atoms with E-state index in [0.717, 1.165) is 23.2 Å². The van der Waals surface area contributed by atoms with Crippen molar-refractivity contribution in [1.82, 2.24) is 0 Å². The Hall–Kier alpha value is -1.80. The van der Waals surface area contributed by atoms with Crippen LogP contribution < -0.4 is 5.32 Å². The van der Waals surface area contributed by atoms with Crippen LogP contribution in [0, 0.1) is 13.8 Å². The van der Waals surface area contributed by atoms with Gasteiger partial charge in [0.1, 0.15) is 5.60 Å². The summed E-state index contributed by atoms with van der Waals surface area (Å²) in [6.45, 7) is 6.04. The van der Waals surface area contributed by atoms with Crippen molar-refractivity contribution in [3.8, 4) is 0 Å². The second kappa shape index (κ2) is 4.64. The second-order valence-corrected chi connectivity index (χ2v) is 6.02. The van der Waals surface area contributed by atoms with Crippen LogP contribution in [-0.2, 0) is 12.0 Å². The van der Waals surface area contributed by atoms with Gasteiger partial charge in [-0.1, -0.05) is 42.0 Å². The van der Waals surface area contributed by atoms with Crippen LogP contribution in [-0.4, -0.2) is 11.1 Å². The van der Waals surface area contributed by atoms with E-state index in [1.54, 1.807) is 0 Å². The SMILES string of the molecule is Cc1ccc(C)c(C(C)(O)C2Cc3ccccc3N2)c1. The van der Waals surface area contributed by atoms with Crippen molar-refractivity contribution in [3.63, 3.8) is 0 Å². The van der Waals surface area contributed by atoms with Crippen LogP contribution in [0.15, 0.2) is 42.5 Å². The van der Waals surface area contributed by atoms with Crippen LogP contribution in [0.4, 0.5) is 5.69 Å². The van der Waals surface area contributed by atoms with Crippen molar-refractivity contribution in [1.29, 1.82) is 0 Å². The van der Waals surface area contributed by atoms with Crippen molar-refractivity contribution in [2.45, 2.75) is 38.8 Å². The zero-order valence-electron chi connectivity index (χ0n) is 12.3. The highest BCUT2D eigenvalue weighted by Crippen LogP contribution is 2.37. The van der Waals surface area contributed by atoms with Gasteiger partial charge in [-0.3, -0.25) is 0 Å². The molecule has 0 fully saturated rings. The molecule has 0 aromatic heterocycles. The van der Waals surface area contributed by atoms with Gasteiger partial charge in [0.05, 0.1) is 6.04 Å². The number of rotatable bonds is 2. The molecule has 2 unspecified atom stereocenters. The van der Waals surface area contributed by atoms with Crippen molar-refractivity contribution in [2.24, 2.45) is 0 Å². The largest absolute Gasteiger partial charge is 0.383 e. The smallest absolute Gasteiger partial charge is 0.107 e. The number of anilines is 1. The molecule has 20 heavy (non-hydrogen) atoms. The summed E-state index contributed by atoms with van der Waals surface area (Å²) in [5.74, 6) is 0. The lowest BCUT2D eigenvalue weighted by molar-refractivity contribution is 0.0375. The molecular formula is C18H21NO. The van der Waals surface area contributed by atoms with Gasteiger partial charge in [-0.05, 0) is 49.9 Å². The Morgan fingerprint density at radius 3 is 2.65 bits per heavy atom. The van der Waals surface area contributed by atoms with E-state index >= 15 is 0 Å². The summed E-state index contributed by atoms with van der Waals surface area (Å²) in [6.07, 6.45) is 0.858. The molecular weight excluding hydrogens is 246 g/mol. The van der Waals surface area contributed by atoms with Crippen molar-refractivity contribution < 1.29 is 5.11 Å². The second-order valence-electron chi connectivity index (χ2n) is 6.02. The molecule has 0 bridgehead atoms. The van der Waals surface area contributed by atoms with Crippen LogP contribution in [0.1, 0.15) is 29.2 Å². The highest BCUT2D eigenvalue weighted by atomic mass is 16.3. The fourth-order valence-corrected chi connectivity index (χ4v) is 3.11. The number of para-hydroxylation sites is 1. The van der Waals surface area contributed by atoms with E-state index in [2.05, 4.69) is 55.6 Å². The van der Waals surface area contributed by atoms with Gasteiger partial charge in [-0.2, -0.15) is 0 Å². The van der Waals surface area contributed by atoms with Gasteiger partial charge in [0, 0.05) is 5.69 Å². The summed E-state index contributed by atoms with van der Waals surface area (Å²) < 4.78 is 0. The van der Waals surface area contributed by atoms with E-state index in [0.29, 0.717) is 0 Å².